The summed E-state index contributed by atoms with van der Waals surface area (Å²) >= 11 is 0. The van der Waals surface area contributed by atoms with Gasteiger partial charge in [-0.05, 0) is 44.4 Å². The fourth-order valence-corrected chi connectivity index (χ4v) is 5.48. The number of aliphatic hydroxyl groups is 2. The van der Waals surface area contributed by atoms with Crippen molar-refractivity contribution in [2.75, 3.05) is 13.2 Å². The number of rotatable bonds is 34. The van der Waals surface area contributed by atoms with Crippen molar-refractivity contribution >= 4 is 11.9 Å². The first-order chi connectivity index (χ1) is 22.9. The minimum atomic E-state index is -0.795. The fraction of sp³-hybridized carbons (Fsp3) is 0.805. The van der Waals surface area contributed by atoms with Gasteiger partial charge in [0.05, 0.1) is 12.7 Å². The molecule has 0 rings (SSSR count). The first kappa shape index (κ1) is 45.1. The first-order valence-corrected chi connectivity index (χ1v) is 19.5. The van der Waals surface area contributed by atoms with Gasteiger partial charge in [0, 0.05) is 12.8 Å². The molecule has 0 aliphatic carbocycles. The molecule has 0 radical (unpaired) electrons. The van der Waals surface area contributed by atoms with Crippen molar-refractivity contribution < 1.29 is 29.3 Å². The van der Waals surface area contributed by atoms with E-state index in [2.05, 4.69) is 32.9 Å². The van der Waals surface area contributed by atoms with E-state index in [1.807, 2.05) is 24.3 Å². The van der Waals surface area contributed by atoms with E-state index in [1.54, 1.807) is 0 Å². The number of esters is 2. The standard InChI is InChI=1S/C41H74O6/c1-4-5-25-31-38(43)32-27-22-18-14-12-16-20-24-29-34-41(45)47-39(35-42)36-46-40(44)33-28-23-19-15-11-9-7-6-8-10-13-17-21-26-30-37(2)3/h5,18,22,25,27,32,37-39,42-43H,4,6-17,19-21,23-24,26,28-31,33-36H2,1-3H3/b22-18+,25-5+,32-27+/t38?,39-/m0/s1. The third-order valence-electron chi connectivity index (χ3n) is 8.46. The molecule has 6 heteroatoms. The summed E-state index contributed by atoms with van der Waals surface area (Å²) in [5, 5.41) is 19.4. The Morgan fingerprint density at radius 2 is 1.15 bits per heavy atom. The largest absolute Gasteiger partial charge is 0.462 e. The highest BCUT2D eigenvalue weighted by Gasteiger charge is 2.16. The molecule has 2 atom stereocenters. The Kier molecular flexibility index (Phi) is 33.9. The van der Waals surface area contributed by atoms with E-state index in [-0.39, 0.29) is 25.2 Å². The van der Waals surface area contributed by atoms with Crippen LogP contribution in [0.5, 0.6) is 0 Å². The number of allylic oxidation sites excluding steroid dienone is 4. The predicted octanol–water partition coefficient (Wildman–Crippen LogP) is 10.9. The maximum Gasteiger partial charge on any atom is 0.306 e. The molecule has 0 heterocycles. The van der Waals surface area contributed by atoms with Crippen molar-refractivity contribution in [2.24, 2.45) is 5.92 Å². The summed E-state index contributed by atoms with van der Waals surface area (Å²) in [6.45, 7) is 6.26. The molecule has 0 amide bonds. The lowest BCUT2D eigenvalue weighted by atomic mass is 10.0. The van der Waals surface area contributed by atoms with Gasteiger partial charge in [0.15, 0.2) is 6.10 Å². The van der Waals surface area contributed by atoms with Crippen molar-refractivity contribution in [3.8, 4) is 0 Å². The molecular formula is C41H74O6. The van der Waals surface area contributed by atoms with Gasteiger partial charge >= 0.3 is 11.9 Å². The maximum atomic E-state index is 12.1. The molecule has 0 aliphatic rings. The molecule has 0 fully saturated rings. The van der Waals surface area contributed by atoms with E-state index in [4.69, 9.17) is 9.47 Å². The molecule has 2 N–H and O–H groups in total. The average molecular weight is 663 g/mol. The van der Waals surface area contributed by atoms with Gasteiger partial charge in [-0.3, -0.25) is 9.59 Å². The minimum Gasteiger partial charge on any atom is -0.462 e. The number of carbonyl (C=O) groups excluding carboxylic acids is 2. The molecule has 0 aliphatic heterocycles. The quantitative estimate of drug-likeness (QED) is 0.0308. The van der Waals surface area contributed by atoms with Crippen LogP contribution in [-0.4, -0.2) is 47.6 Å². The highest BCUT2D eigenvalue weighted by atomic mass is 16.6. The summed E-state index contributed by atoms with van der Waals surface area (Å²) in [4.78, 5) is 24.2. The van der Waals surface area contributed by atoms with E-state index < -0.39 is 12.2 Å². The Labute approximate surface area is 289 Å². The van der Waals surface area contributed by atoms with Crippen LogP contribution in [0, 0.1) is 5.92 Å². The number of ether oxygens (including phenoxy) is 2. The van der Waals surface area contributed by atoms with Gasteiger partial charge in [-0.15, -0.1) is 0 Å². The van der Waals surface area contributed by atoms with E-state index in [1.165, 1.54) is 77.0 Å². The molecular weight excluding hydrogens is 588 g/mol. The van der Waals surface area contributed by atoms with E-state index in [9.17, 15) is 19.8 Å². The summed E-state index contributed by atoms with van der Waals surface area (Å²) < 4.78 is 10.6. The van der Waals surface area contributed by atoms with E-state index in [0.717, 1.165) is 70.1 Å². The van der Waals surface area contributed by atoms with Crippen LogP contribution in [0.2, 0.25) is 0 Å². The van der Waals surface area contributed by atoms with Crippen LogP contribution < -0.4 is 0 Å². The first-order valence-electron chi connectivity index (χ1n) is 19.5. The maximum absolute atomic E-state index is 12.1. The molecule has 0 bridgehead atoms. The van der Waals surface area contributed by atoms with Crippen LogP contribution in [0.1, 0.15) is 181 Å². The van der Waals surface area contributed by atoms with Gasteiger partial charge in [0.2, 0.25) is 0 Å². The van der Waals surface area contributed by atoms with Crippen LogP contribution in [0.3, 0.4) is 0 Å². The van der Waals surface area contributed by atoms with Crippen LogP contribution in [0.25, 0.3) is 0 Å². The molecule has 0 aromatic heterocycles. The van der Waals surface area contributed by atoms with Gasteiger partial charge in [0.25, 0.3) is 0 Å². The molecule has 0 saturated heterocycles. The molecule has 274 valence electrons. The SMILES string of the molecule is CC/C=C/CC(O)/C=C/C=C/CCCCCCCC(=O)O[C@@H](CO)COC(=O)CCCCCCCCCCCCCCCCC(C)C. The molecule has 6 nitrogen and oxygen atoms in total. The Hall–Kier alpha value is -1.92. The van der Waals surface area contributed by atoms with Crippen molar-refractivity contribution in [2.45, 2.75) is 193 Å². The van der Waals surface area contributed by atoms with Crippen molar-refractivity contribution in [1.82, 2.24) is 0 Å². The normalized spacial score (nSPS) is 13.3. The van der Waals surface area contributed by atoms with Gasteiger partial charge in [-0.2, -0.15) is 0 Å². The second kappa shape index (κ2) is 35.4. The summed E-state index contributed by atoms with van der Waals surface area (Å²) in [7, 11) is 0. The number of hydrogen-bond donors (Lipinski definition) is 2. The minimum absolute atomic E-state index is 0.0865. The third-order valence-corrected chi connectivity index (χ3v) is 8.46. The summed E-state index contributed by atoms with van der Waals surface area (Å²) in [6.07, 6.45) is 38.2. The zero-order valence-electron chi connectivity index (χ0n) is 30.8. The lowest BCUT2D eigenvalue weighted by Crippen LogP contribution is -2.28. The second-order valence-corrected chi connectivity index (χ2v) is 13.7. The van der Waals surface area contributed by atoms with Crippen LogP contribution in [-0.2, 0) is 19.1 Å². The van der Waals surface area contributed by atoms with E-state index in [0.29, 0.717) is 19.3 Å². The third kappa shape index (κ3) is 35.2. The van der Waals surface area contributed by atoms with Gasteiger partial charge in [-0.1, -0.05) is 166 Å². The number of unbranched alkanes of at least 4 members (excludes halogenated alkanes) is 18. The van der Waals surface area contributed by atoms with Crippen molar-refractivity contribution in [3.05, 3.63) is 36.5 Å². The predicted molar refractivity (Wildman–Crippen MR) is 197 cm³/mol. The zero-order valence-corrected chi connectivity index (χ0v) is 30.8. The summed E-state index contributed by atoms with van der Waals surface area (Å²) in [6, 6.07) is 0. The average Bonchev–Trinajstić information content (AvgIpc) is 3.05. The Morgan fingerprint density at radius 3 is 1.68 bits per heavy atom. The molecule has 1 unspecified atom stereocenters. The van der Waals surface area contributed by atoms with Crippen molar-refractivity contribution in [3.63, 3.8) is 0 Å². The monoisotopic (exact) mass is 663 g/mol. The highest BCUT2D eigenvalue weighted by Crippen LogP contribution is 2.15. The van der Waals surface area contributed by atoms with Crippen LogP contribution in [0.4, 0.5) is 0 Å². The number of hydrogen-bond acceptors (Lipinski definition) is 6. The second-order valence-electron chi connectivity index (χ2n) is 13.7. The topological polar surface area (TPSA) is 93.1 Å². The van der Waals surface area contributed by atoms with Gasteiger partial charge < -0.3 is 19.7 Å². The van der Waals surface area contributed by atoms with Gasteiger partial charge in [0.1, 0.15) is 6.61 Å². The molecule has 0 spiro atoms. The van der Waals surface area contributed by atoms with E-state index >= 15 is 0 Å². The fourth-order valence-electron chi connectivity index (χ4n) is 5.48. The molecule has 0 aromatic carbocycles. The number of aliphatic hydroxyl groups excluding tert-OH is 2. The van der Waals surface area contributed by atoms with Crippen LogP contribution in [0.15, 0.2) is 36.5 Å². The van der Waals surface area contributed by atoms with Crippen LogP contribution >= 0.6 is 0 Å². The Balaban J connectivity index is 3.61. The Bertz CT molecular complexity index is 787. The molecule has 0 saturated carbocycles. The highest BCUT2D eigenvalue weighted by molar-refractivity contribution is 5.70. The molecule has 0 aromatic rings. The lowest BCUT2D eigenvalue weighted by Gasteiger charge is -2.15. The Morgan fingerprint density at radius 1 is 0.638 bits per heavy atom. The smallest absolute Gasteiger partial charge is 0.306 e. The number of carbonyl (C=O) groups is 2. The van der Waals surface area contributed by atoms with Crippen molar-refractivity contribution in [1.29, 1.82) is 0 Å². The summed E-state index contributed by atoms with van der Waals surface area (Å²) in [5.74, 6) is 0.204. The zero-order chi connectivity index (χ0) is 34.6. The molecule has 47 heavy (non-hydrogen) atoms. The summed E-state index contributed by atoms with van der Waals surface area (Å²) in [5.41, 5.74) is 0. The van der Waals surface area contributed by atoms with Gasteiger partial charge in [-0.25, -0.2) is 0 Å². The lowest BCUT2D eigenvalue weighted by molar-refractivity contribution is -0.161.